The Kier molecular flexibility index (Phi) is 4.31. The Balaban J connectivity index is 2.34. The van der Waals surface area contributed by atoms with E-state index in [-0.39, 0.29) is 0 Å². The molecule has 0 aromatic carbocycles. The number of aliphatic hydroxyl groups is 1. The van der Waals surface area contributed by atoms with Gasteiger partial charge in [0.25, 0.3) is 0 Å². The van der Waals surface area contributed by atoms with Crippen LogP contribution < -0.4 is 0 Å². The van der Waals surface area contributed by atoms with Gasteiger partial charge in [0.2, 0.25) is 0 Å². The predicted octanol–water partition coefficient (Wildman–Crippen LogP) is 2.59. The largest absolute Gasteiger partial charge is 0.383 e. The van der Waals surface area contributed by atoms with Crippen LogP contribution in [-0.2, 0) is 6.42 Å². The van der Waals surface area contributed by atoms with Gasteiger partial charge in [-0.2, -0.15) is 5.10 Å². The molecule has 0 saturated heterocycles. The van der Waals surface area contributed by atoms with Crippen molar-refractivity contribution in [1.82, 2.24) is 15.2 Å². The molecule has 0 bridgehead atoms. The normalized spacial score (nSPS) is 12.6. The number of halogens is 2. The maximum atomic E-state index is 10.3. The summed E-state index contributed by atoms with van der Waals surface area (Å²) < 4.78 is 0.839. The summed E-state index contributed by atoms with van der Waals surface area (Å²) in [6.45, 7) is 0. The van der Waals surface area contributed by atoms with E-state index in [4.69, 9.17) is 0 Å². The zero-order valence-electron chi connectivity index (χ0n) is 8.90. The second-order valence-corrected chi connectivity index (χ2v) is 5.19. The molecular weight excluding hydrogens is 350 g/mol. The van der Waals surface area contributed by atoms with Gasteiger partial charge in [0.15, 0.2) is 0 Å². The molecule has 2 aromatic rings. The van der Waals surface area contributed by atoms with Gasteiger partial charge in [-0.05, 0) is 12.5 Å². The van der Waals surface area contributed by atoms with Crippen molar-refractivity contribution in [2.24, 2.45) is 0 Å². The van der Waals surface area contributed by atoms with Gasteiger partial charge in [-0.25, -0.2) is 0 Å². The molecule has 2 N–H and O–H groups in total. The first-order valence-electron chi connectivity index (χ1n) is 5.09. The highest BCUT2D eigenvalue weighted by atomic mass is 79.9. The zero-order chi connectivity index (χ0) is 12.3. The predicted molar refractivity (Wildman–Crippen MR) is 72.1 cm³/mol. The van der Waals surface area contributed by atoms with Crippen LogP contribution in [0.25, 0.3) is 0 Å². The van der Waals surface area contributed by atoms with Crippen LogP contribution in [0.2, 0.25) is 0 Å². The van der Waals surface area contributed by atoms with Crippen LogP contribution in [0.15, 0.2) is 29.1 Å². The highest BCUT2D eigenvalue weighted by Crippen LogP contribution is 2.29. The van der Waals surface area contributed by atoms with E-state index in [1.54, 1.807) is 18.6 Å². The first-order valence-corrected chi connectivity index (χ1v) is 7.01. The van der Waals surface area contributed by atoms with Crippen molar-refractivity contribution in [2.75, 3.05) is 5.33 Å². The standard InChI is InChI=1S/C11H11Br2N3O/c12-3-1-10-8(6-15-16-10)11(17)7-5-14-4-2-9(7)13/h2,4-6,11,17H,1,3H2,(H,15,16). The molecule has 2 heterocycles. The molecule has 2 rings (SSSR count). The van der Waals surface area contributed by atoms with E-state index in [0.29, 0.717) is 0 Å². The van der Waals surface area contributed by atoms with Crippen molar-refractivity contribution in [2.45, 2.75) is 12.5 Å². The van der Waals surface area contributed by atoms with E-state index in [1.165, 1.54) is 0 Å². The molecule has 6 heteroatoms. The number of aromatic nitrogens is 3. The van der Waals surface area contributed by atoms with Gasteiger partial charge in [-0.1, -0.05) is 31.9 Å². The molecule has 0 fully saturated rings. The number of aliphatic hydroxyl groups excluding tert-OH is 1. The van der Waals surface area contributed by atoms with Crippen LogP contribution in [0.1, 0.15) is 22.9 Å². The second kappa shape index (κ2) is 5.75. The summed E-state index contributed by atoms with van der Waals surface area (Å²) in [5, 5.41) is 18.0. The molecule has 0 amide bonds. The summed E-state index contributed by atoms with van der Waals surface area (Å²) in [5.74, 6) is 0. The summed E-state index contributed by atoms with van der Waals surface area (Å²) >= 11 is 6.78. The van der Waals surface area contributed by atoms with E-state index in [0.717, 1.165) is 33.0 Å². The average molecular weight is 361 g/mol. The van der Waals surface area contributed by atoms with E-state index >= 15 is 0 Å². The highest BCUT2D eigenvalue weighted by Gasteiger charge is 2.18. The molecule has 0 spiro atoms. The lowest BCUT2D eigenvalue weighted by atomic mass is 10.0. The van der Waals surface area contributed by atoms with Gasteiger partial charge in [-0.3, -0.25) is 10.1 Å². The first kappa shape index (κ1) is 12.7. The number of aromatic amines is 1. The fourth-order valence-corrected chi connectivity index (χ4v) is 2.44. The number of rotatable bonds is 4. The van der Waals surface area contributed by atoms with Crippen LogP contribution in [-0.4, -0.2) is 25.6 Å². The molecule has 0 aliphatic rings. The molecule has 0 radical (unpaired) electrons. The third-order valence-corrected chi connectivity index (χ3v) is 3.60. The number of H-pyrrole nitrogens is 1. The quantitative estimate of drug-likeness (QED) is 0.824. The SMILES string of the molecule is OC(c1cnccc1Br)c1cn[nH]c1CCBr. The zero-order valence-corrected chi connectivity index (χ0v) is 12.1. The third-order valence-electron chi connectivity index (χ3n) is 2.48. The average Bonchev–Trinajstić information content (AvgIpc) is 2.78. The number of hydrogen-bond acceptors (Lipinski definition) is 3. The molecule has 17 heavy (non-hydrogen) atoms. The summed E-state index contributed by atoms with van der Waals surface area (Å²) in [4.78, 5) is 4.02. The smallest absolute Gasteiger partial charge is 0.110 e. The number of hydrogen-bond donors (Lipinski definition) is 2. The van der Waals surface area contributed by atoms with Gasteiger partial charge in [0.05, 0.1) is 6.20 Å². The minimum atomic E-state index is -0.717. The lowest BCUT2D eigenvalue weighted by molar-refractivity contribution is 0.218. The van der Waals surface area contributed by atoms with Crippen molar-refractivity contribution in [3.63, 3.8) is 0 Å². The maximum absolute atomic E-state index is 10.3. The monoisotopic (exact) mass is 359 g/mol. The van der Waals surface area contributed by atoms with Crippen LogP contribution >= 0.6 is 31.9 Å². The van der Waals surface area contributed by atoms with Crippen LogP contribution in [0.4, 0.5) is 0 Å². The van der Waals surface area contributed by atoms with Gasteiger partial charge in [-0.15, -0.1) is 0 Å². The van der Waals surface area contributed by atoms with Crippen molar-refractivity contribution < 1.29 is 5.11 Å². The topological polar surface area (TPSA) is 61.8 Å². The highest BCUT2D eigenvalue weighted by molar-refractivity contribution is 9.10. The number of aryl methyl sites for hydroxylation is 1. The maximum Gasteiger partial charge on any atom is 0.110 e. The minimum absolute atomic E-state index is 0.717. The van der Waals surface area contributed by atoms with Gasteiger partial charge in [0, 0.05) is 39.0 Å². The number of pyridine rings is 1. The Labute approximate surface area is 116 Å². The fourth-order valence-electron chi connectivity index (χ4n) is 1.61. The molecule has 0 aliphatic heterocycles. The Morgan fingerprint density at radius 1 is 1.35 bits per heavy atom. The van der Waals surface area contributed by atoms with Crippen molar-refractivity contribution in [3.05, 3.63) is 46.0 Å². The van der Waals surface area contributed by atoms with E-state index in [1.807, 2.05) is 6.07 Å². The van der Waals surface area contributed by atoms with Crippen LogP contribution in [0.5, 0.6) is 0 Å². The summed E-state index contributed by atoms with van der Waals surface area (Å²) in [6.07, 6.45) is 5.06. The van der Waals surface area contributed by atoms with Crippen LogP contribution in [0.3, 0.4) is 0 Å². The first-order chi connectivity index (χ1) is 8.24. The fraction of sp³-hybridized carbons (Fsp3) is 0.273. The van der Waals surface area contributed by atoms with Gasteiger partial charge < -0.3 is 5.11 Å². The molecule has 2 aromatic heterocycles. The Bertz CT molecular complexity index is 501. The molecule has 1 unspecified atom stereocenters. The molecule has 0 saturated carbocycles. The van der Waals surface area contributed by atoms with Crippen molar-refractivity contribution >= 4 is 31.9 Å². The third kappa shape index (κ3) is 2.75. The molecule has 0 aliphatic carbocycles. The Morgan fingerprint density at radius 3 is 2.88 bits per heavy atom. The van der Waals surface area contributed by atoms with E-state index < -0.39 is 6.10 Å². The van der Waals surface area contributed by atoms with E-state index in [9.17, 15) is 5.11 Å². The van der Waals surface area contributed by atoms with Crippen molar-refractivity contribution in [3.8, 4) is 0 Å². The molecular formula is C11H11Br2N3O. The Hall–Kier alpha value is -0.720. The van der Waals surface area contributed by atoms with Crippen molar-refractivity contribution in [1.29, 1.82) is 0 Å². The lowest BCUT2D eigenvalue weighted by Gasteiger charge is -2.12. The number of alkyl halides is 1. The van der Waals surface area contributed by atoms with Gasteiger partial charge >= 0.3 is 0 Å². The van der Waals surface area contributed by atoms with Gasteiger partial charge in [0.1, 0.15) is 6.10 Å². The van der Waals surface area contributed by atoms with Crippen LogP contribution in [0, 0.1) is 0 Å². The number of nitrogens with zero attached hydrogens (tertiary/aromatic N) is 2. The second-order valence-electron chi connectivity index (χ2n) is 3.54. The summed E-state index contributed by atoms with van der Waals surface area (Å²) in [6, 6.07) is 1.81. The number of nitrogens with one attached hydrogen (secondary N) is 1. The molecule has 90 valence electrons. The van der Waals surface area contributed by atoms with E-state index in [2.05, 4.69) is 47.0 Å². The molecule has 1 atom stereocenters. The lowest BCUT2D eigenvalue weighted by Crippen LogP contribution is -2.04. The minimum Gasteiger partial charge on any atom is -0.383 e. The Morgan fingerprint density at radius 2 is 2.18 bits per heavy atom. The summed E-state index contributed by atoms with van der Waals surface area (Å²) in [7, 11) is 0. The molecule has 4 nitrogen and oxygen atoms in total. The summed E-state index contributed by atoms with van der Waals surface area (Å²) in [5.41, 5.74) is 2.47.